The van der Waals surface area contributed by atoms with Crippen molar-refractivity contribution in [3.63, 3.8) is 0 Å². The van der Waals surface area contributed by atoms with Crippen LogP contribution >= 0.6 is 0 Å². The summed E-state index contributed by atoms with van der Waals surface area (Å²) in [5.74, 6) is -0.446. The predicted molar refractivity (Wildman–Crippen MR) is 107 cm³/mol. The van der Waals surface area contributed by atoms with Crippen molar-refractivity contribution in [2.45, 2.75) is 56.9 Å². The van der Waals surface area contributed by atoms with Gasteiger partial charge in [0.1, 0.15) is 10.9 Å². The Balaban J connectivity index is 2.25. The van der Waals surface area contributed by atoms with E-state index in [1.165, 1.54) is 4.31 Å². The molecular formula is C20H30N2O4S. The molecule has 6 nitrogen and oxygen atoms in total. The Morgan fingerprint density at radius 1 is 1.44 bits per heavy atom. The zero-order chi connectivity index (χ0) is 19.9. The van der Waals surface area contributed by atoms with E-state index < -0.39 is 22.0 Å². The molecule has 2 rings (SSSR count). The van der Waals surface area contributed by atoms with Crippen LogP contribution in [0.5, 0.6) is 0 Å². The number of carbonyl (C=O) groups is 1. The van der Waals surface area contributed by atoms with Crippen LogP contribution in [0.4, 0.5) is 5.69 Å². The number of carbonyl (C=O) groups excluding carboxylic acids is 1. The van der Waals surface area contributed by atoms with Crippen LogP contribution < -0.4 is 5.32 Å². The number of unbranched alkanes of at least 4 members (excludes halogenated alkanes) is 1. The summed E-state index contributed by atoms with van der Waals surface area (Å²) in [5.41, 5.74) is 1.52. The summed E-state index contributed by atoms with van der Waals surface area (Å²) < 4.78 is 33.2. The molecule has 1 atom stereocenters. The molecule has 0 unspecified atom stereocenters. The van der Waals surface area contributed by atoms with Crippen LogP contribution in [0.25, 0.3) is 0 Å². The van der Waals surface area contributed by atoms with Gasteiger partial charge in [-0.2, -0.15) is 4.31 Å². The van der Waals surface area contributed by atoms with Crippen molar-refractivity contribution in [3.05, 3.63) is 36.4 Å². The molecule has 1 aromatic rings. The number of anilines is 1. The summed E-state index contributed by atoms with van der Waals surface area (Å²) in [7, 11) is -3.80. The van der Waals surface area contributed by atoms with Crippen molar-refractivity contribution in [1.29, 1.82) is 0 Å². The van der Waals surface area contributed by atoms with Crippen LogP contribution in [0.1, 0.15) is 44.6 Å². The number of esters is 1. The molecule has 0 aromatic heterocycles. The van der Waals surface area contributed by atoms with Crippen LogP contribution in [-0.2, 0) is 19.6 Å². The number of rotatable bonds is 10. The summed E-state index contributed by atoms with van der Waals surface area (Å²) in [6.07, 6.45) is 5.35. The first kappa shape index (κ1) is 21.4. The Morgan fingerprint density at radius 2 is 2.22 bits per heavy atom. The minimum atomic E-state index is -3.80. The summed E-state index contributed by atoms with van der Waals surface area (Å²) in [6, 6.07) is 4.46. The number of hydrogen-bond acceptors (Lipinski definition) is 5. The Kier molecular flexibility index (Phi) is 7.86. The molecule has 0 amide bonds. The van der Waals surface area contributed by atoms with Gasteiger partial charge < -0.3 is 10.1 Å². The van der Waals surface area contributed by atoms with E-state index in [1.54, 1.807) is 18.2 Å². The zero-order valence-electron chi connectivity index (χ0n) is 16.2. The maximum atomic E-state index is 13.3. The van der Waals surface area contributed by atoms with Gasteiger partial charge in [-0.05, 0) is 50.3 Å². The van der Waals surface area contributed by atoms with E-state index in [-0.39, 0.29) is 4.90 Å². The Hall–Kier alpha value is -1.86. The van der Waals surface area contributed by atoms with Crippen LogP contribution in [0.15, 0.2) is 35.7 Å². The van der Waals surface area contributed by atoms with Gasteiger partial charge in [0.15, 0.2) is 0 Å². The molecule has 0 aliphatic carbocycles. The van der Waals surface area contributed by atoms with Gasteiger partial charge in [-0.15, -0.1) is 6.58 Å². The van der Waals surface area contributed by atoms with Gasteiger partial charge in [0, 0.05) is 13.1 Å². The van der Waals surface area contributed by atoms with Crippen molar-refractivity contribution in [1.82, 2.24) is 4.31 Å². The Bertz CT molecular complexity index is 761. The van der Waals surface area contributed by atoms with Gasteiger partial charge in [-0.3, -0.25) is 4.79 Å². The van der Waals surface area contributed by atoms with E-state index in [9.17, 15) is 13.2 Å². The van der Waals surface area contributed by atoms with Gasteiger partial charge in [0.25, 0.3) is 0 Å². The second-order valence-corrected chi connectivity index (χ2v) is 8.66. The van der Waals surface area contributed by atoms with Crippen molar-refractivity contribution in [2.24, 2.45) is 0 Å². The third-order valence-electron chi connectivity index (χ3n) is 4.60. The molecular weight excluding hydrogens is 364 g/mol. The molecule has 1 aromatic carbocycles. The van der Waals surface area contributed by atoms with Crippen molar-refractivity contribution in [3.8, 4) is 0 Å². The van der Waals surface area contributed by atoms with Crippen LogP contribution in [-0.4, -0.2) is 44.4 Å². The van der Waals surface area contributed by atoms with E-state index in [4.69, 9.17) is 4.74 Å². The summed E-state index contributed by atoms with van der Waals surface area (Å²) in [4.78, 5) is 12.6. The number of nitrogens with one attached hydrogen (secondary N) is 1. The minimum Gasteiger partial charge on any atom is -0.464 e. The van der Waals surface area contributed by atoms with Gasteiger partial charge in [0.2, 0.25) is 10.0 Å². The number of hydrogen-bond donors (Lipinski definition) is 1. The van der Waals surface area contributed by atoms with Gasteiger partial charge in [-0.25, -0.2) is 8.42 Å². The molecule has 0 saturated carbocycles. The van der Waals surface area contributed by atoms with Crippen molar-refractivity contribution >= 4 is 21.7 Å². The number of benzene rings is 1. The fourth-order valence-corrected chi connectivity index (χ4v) is 4.92. The molecule has 150 valence electrons. The average Bonchev–Trinajstić information content (AvgIpc) is 3.13. The number of nitrogens with zero attached hydrogens (tertiary/aromatic N) is 1. The van der Waals surface area contributed by atoms with Crippen LogP contribution in [0.3, 0.4) is 0 Å². The quantitative estimate of drug-likeness (QED) is 0.374. The van der Waals surface area contributed by atoms with E-state index in [0.717, 1.165) is 24.8 Å². The van der Waals surface area contributed by atoms with Gasteiger partial charge in [-0.1, -0.05) is 25.5 Å². The SMILES string of the molecule is C=CCCNc1cc(C)ccc1S(=O)(=O)N1CCC[C@H]1C(=O)OCCCC. The lowest BCUT2D eigenvalue weighted by Gasteiger charge is -2.24. The summed E-state index contributed by atoms with van der Waals surface area (Å²) in [6.45, 7) is 8.87. The fourth-order valence-electron chi connectivity index (χ4n) is 3.12. The largest absolute Gasteiger partial charge is 0.464 e. The Labute approximate surface area is 162 Å². The molecule has 0 bridgehead atoms. The normalized spacial score (nSPS) is 17.6. The number of aryl methyl sites for hydroxylation is 1. The first-order chi connectivity index (χ1) is 12.9. The maximum Gasteiger partial charge on any atom is 0.324 e. The zero-order valence-corrected chi connectivity index (χ0v) is 17.1. The third kappa shape index (κ3) is 5.32. The molecule has 7 heteroatoms. The lowest BCUT2D eigenvalue weighted by Crippen LogP contribution is -2.41. The standard InChI is InChI=1S/C20H30N2O4S/c1-4-6-12-21-17-15-16(3)10-11-19(17)27(24,25)22-13-8-9-18(22)20(23)26-14-7-5-2/h4,10-11,15,18,21H,1,5-9,12-14H2,2-3H3/t18-/m0/s1. The van der Waals surface area contributed by atoms with E-state index in [1.807, 2.05) is 19.9 Å². The molecule has 1 aliphatic heterocycles. The van der Waals surface area contributed by atoms with Crippen molar-refractivity contribution in [2.75, 3.05) is 25.0 Å². The highest BCUT2D eigenvalue weighted by Gasteiger charge is 2.41. The smallest absolute Gasteiger partial charge is 0.324 e. The summed E-state index contributed by atoms with van der Waals surface area (Å²) in [5, 5.41) is 3.18. The summed E-state index contributed by atoms with van der Waals surface area (Å²) >= 11 is 0. The highest BCUT2D eigenvalue weighted by molar-refractivity contribution is 7.89. The first-order valence-corrected chi connectivity index (χ1v) is 11.0. The molecule has 27 heavy (non-hydrogen) atoms. The van der Waals surface area contributed by atoms with Gasteiger partial charge in [0.05, 0.1) is 12.3 Å². The average molecular weight is 395 g/mol. The van der Waals surface area contributed by atoms with E-state index >= 15 is 0 Å². The molecule has 1 heterocycles. The number of ether oxygens (including phenoxy) is 1. The topological polar surface area (TPSA) is 75.7 Å². The molecule has 1 saturated heterocycles. The molecule has 0 radical (unpaired) electrons. The van der Waals surface area contributed by atoms with E-state index in [0.29, 0.717) is 38.2 Å². The van der Waals surface area contributed by atoms with Crippen LogP contribution in [0, 0.1) is 6.92 Å². The Morgan fingerprint density at radius 3 is 2.93 bits per heavy atom. The monoisotopic (exact) mass is 394 g/mol. The third-order valence-corrected chi connectivity index (χ3v) is 6.57. The van der Waals surface area contributed by atoms with E-state index in [2.05, 4.69) is 11.9 Å². The fraction of sp³-hybridized carbons (Fsp3) is 0.550. The number of sulfonamides is 1. The first-order valence-electron chi connectivity index (χ1n) is 9.55. The molecule has 1 aliphatic rings. The second kappa shape index (κ2) is 9.90. The lowest BCUT2D eigenvalue weighted by molar-refractivity contribution is -0.147. The van der Waals surface area contributed by atoms with Gasteiger partial charge >= 0.3 is 5.97 Å². The highest BCUT2D eigenvalue weighted by Crippen LogP contribution is 2.31. The lowest BCUT2D eigenvalue weighted by atomic mass is 10.2. The predicted octanol–water partition coefficient (Wildman–Crippen LogP) is 3.48. The molecule has 0 spiro atoms. The van der Waals surface area contributed by atoms with Crippen molar-refractivity contribution < 1.29 is 17.9 Å². The molecule has 1 fully saturated rings. The highest BCUT2D eigenvalue weighted by atomic mass is 32.2. The second-order valence-electron chi connectivity index (χ2n) is 6.80. The molecule has 1 N–H and O–H groups in total. The maximum absolute atomic E-state index is 13.3. The minimum absolute atomic E-state index is 0.199. The van der Waals surface area contributed by atoms with Crippen LogP contribution in [0.2, 0.25) is 0 Å².